The molecular formula is C22H27N5O. The SMILES string of the molecule is Cc1ccc2cc(-c3ccc(N4CCC(NC(C)(C)C)C4)nn3)c(O)cc2n1. The first-order valence-corrected chi connectivity index (χ1v) is 9.76. The van der Waals surface area contributed by atoms with Crippen LogP contribution < -0.4 is 10.2 Å². The van der Waals surface area contributed by atoms with Gasteiger partial charge in [0.05, 0.1) is 11.2 Å². The van der Waals surface area contributed by atoms with Gasteiger partial charge in [0.15, 0.2) is 5.82 Å². The zero-order valence-corrected chi connectivity index (χ0v) is 16.9. The van der Waals surface area contributed by atoms with Crippen LogP contribution in [0.3, 0.4) is 0 Å². The minimum atomic E-state index is 0.108. The fraction of sp³-hybridized carbons (Fsp3) is 0.409. The molecule has 1 saturated heterocycles. The number of nitrogens with zero attached hydrogens (tertiary/aromatic N) is 4. The van der Waals surface area contributed by atoms with Crippen LogP contribution in [0.1, 0.15) is 32.9 Å². The molecular weight excluding hydrogens is 350 g/mol. The molecule has 2 aromatic heterocycles. The maximum atomic E-state index is 10.5. The van der Waals surface area contributed by atoms with Gasteiger partial charge in [-0.2, -0.15) is 0 Å². The highest BCUT2D eigenvalue weighted by atomic mass is 16.3. The molecule has 0 aliphatic carbocycles. The van der Waals surface area contributed by atoms with Gasteiger partial charge in [-0.3, -0.25) is 4.98 Å². The summed E-state index contributed by atoms with van der Waals surface area (Å²) in [6.07, 6.45) is 1.10. The number of phenols is 1. The van der Waals surface area contributed by atoms with E-state index in [1.807, 2.05) is 37.3 Å². The number of hydrogen-bond donors (Lipinski definition) is 2. The van der Waals surface area contributed by atoms with E-state index < -0.39 is 0 Å². The zero-order valence-electron chi connectivity index (χ0n) is 16.9. The highest BCUT2D eigenvalue weighted by Gasteiger charge is 2.26. The summed E-state index contributed by atoms with van der Waals surface area (Å²) in [6.45, 7) is 10.4. The number of aromatic nitrogens is 3. The number of hydrogen-bond acceptors (Lipinski definition) is 6. The molecule has 28 heavy (non-hydrogen) atoms. The summed E-state index contributed by atoms with van der Waals surface area (Å²) in [5, 5.41) is 23.9. The second kappa shape index (κ2) is 7.02. The Kier molecular flexibility index (Phi) is 4.67. The first-order valence-electron chi connectivity index (χ1n) is 9.76. The van der Waals surface area contributed by atoms with Gasteiger partial charge in [-0.1, -0.05) is 6.07 Å². The Hall–Kier alpha value is -2.73. The number of nitrogens with one attached hydrogen (secondary N) is 1. The fourth-order valence-electron chi connectivity index (χ4n) is 3.80. The van der Waals surface area contributed by atoms with Gasteiger partial charge < -0.3 is 15.3 Å². The summed E-state index contributed by atoms with van der Waals surface area (Å²) in [5.41, 5.74) is 3.14. The van der Waals surface area contributed by atoms with Crippen molar-refractivity contribution in [2.24, 2.45) is 0 Å². The lowest BCUT2D eigenvalue weighted by atomic mass is 10.1. The minimum Gasteiger partial charge on any atom is -0.507 e. The van der Waals surface area contributed by atoms with Crippen LogP contribution in [-0.4, -0.2) is 45.0 Å². The van der Waals surface area contributed by atoms with E-state index in [4.69, 9.17) is 0 Å². The van der Waals surface area contributed by atoms with Crippen LogP contribution in [0, 0.1) is 6.92 Å². The first-order chi connectivity index (χ1) is 13.3. The maximum Gasteiger partial charge on any atom is 0.151 e. The molecule has 0 saturated carbocycles. The van der Waals surface area contributed by atoms with Crippen molar-refractivity contribution in [2.45, 2.75) is 45.7 Å². The first kappa shape index (κ1) is 18.6. The van der Waals surface area contributed by atoms with Crippen LogP contribution in [0.2, 0.25) is 0 Å². The summed E-state index contributed by atoms with van der Waals surface area (Å²) in [5.74, 6) is 1.04. The molecule has 6 heteroatoms. The van der Waals surface area contributed by atoms with Crippen LogP contribution in [0.5, 0.6) is 5.75 Å². The predicted octanol–water partition coefficient (Wildman–Crippen LogP) is 3.67. The Labute approximate surface area is 165 Å². The van der Waals surface area contributed by atoms with Crippen molar-refractivity contribution >= 4 is 16.7 Å². The van der Waals surface area contributed by atoms with Crippen molar-refractivity contribution in [1.29, 1.82) is 0 Å². The van der Waals surface area contributed by atoms with Gasteiger partial charge in [0.25, 0.3) is 0 Å². The maximum absolute atomic E-state index is 10.5. The molecule has 2 N–H and O–H groups in total. The summed E-state index contributed by atoms with van der Waals surface area (Å²) in [6, 6.07) is 12.0. The quantitative estimate of drug-likeness (QED) is 0.725. The van der Waals surface area contributed by atoms with Crippen molar-refractivity contribution in [3.63, 3.8) is 0 Å². The smallest absolute Gasteiger partial charge is 0.151 e. The molecule has 0 amide bonds. The molecule has 0 radical (unpaired) electrons. The molecule has 1 aromatic carbocycles. The summed E-state index contributed by atoms with van der Waals surface area (Å²) in [7, 11) is 0. The lowest BCUT2D eigenvalue weighted by molar-refractivity contribution is 0.373. The molecule has 3 heterocycles. The van der Waals surface area contributed by atoms with Crippen molar-refractivity contribution < 1.29 is 5.11 Å². The normalized spacial score (nSPS) is 17.4. The van der Waals surface area contributed by atoms with Gasteiger partial charge in [0.2, 0.25) is 0 Å². The van der Waals surface area contributed by atoms with Gasteiger partial charge in [0, 0.05) is 47.4 Å². The zero-order chi connectivity index (χ0) is 19.9. The molecule has 3 aromatic rings. The number of rotatable bonds is 3. The Bertz CT molecular complexity index is 994. The lowest BCUT2D eigenvalue weighted by Crippen LogP contribution is -2.45. The van der Waals surface area contributed by atoms with Crippen molar-refractivity contribution in [2.75, 3.05) is 18.0 Å². The number of anilines is 1. The average Bonchev–Trinajstić information content (AvgIpc) is 3.08. The molecule has 6 nitrogen and oxygen atoms in total. The third kappa shape index (κ3) is 3.92. The van der Waals surface area contributed by atoms with Gasteiger partial charge >= 0.3 is 0 Å². The van der Waals surface area contributed by atoms with Crippen LogP contribution >= 0.6 is 0 Å². The molecule has 4 rings (SSSR count). The van der Waals surface area contributed by atoms with Crippen molar-refractivity contribution in [3.8, 4) is 17.0 Å². The lowest BCUT2D eigenvalue weighted by Gasteiger charge is -2.26. The van der Waals surface area contributed by atoms with E-state index >= 15 is 0 Å². The second-order valence-electron chi connectivity index (χ2n) is 8.62. The molecule has 0 spiro atoms. The van der Waals surface area contributed by atoms with E-state index in [1.165, 1.54) is 0 Å². The number of phenolic OH excluding ortho intramolecular Hbond substituents is 1. The third-order valence-electron chi connectivity index (χ3n) is 5.02. The van der Waals surface area contributed by atoms with Crippen LogP contribution in [-0.2, 0) is 0 Å². The Morgan fingerprint density at radius 3 is 2.64 bits per heavy atom. The van der Waals surface area contributed by atoms with Crippen LogP contribution in [0.15, 0.2) is 36.4 Å². The monoisotopic (exact) mass is 377 g/mol. The van der Waals surface area contributed by atoms with E-state index in [-0.39, 0.29) is 11.3 Å². The molecule has 1 aliphatic rings. The Morgan fingerprint density at radius 2 is 1.93 bits per heavy atom. The average molecular weight is 377 g/mol. The van der Waals surface area contributed by atoms with E-state index in [2.05, 4.69) is 46.2 Å². The summed E-state index contributed by atoms with van der Waals surface area (Å²) in [4.78, 5) is 6.72. The molecule has 146 valence electrons. The Morgan fingerprint density at radius 1 is 1.11 bits per heavy atom. The van der Waals surface area contributed by atoms with Crippen molar-refractivity contribution in [1.82, 2.24) is 20.5 Å². The third-order valence-corrected chi connectivity index (χ3v) is 5.02. The van der Waals surface area contributed by atoms with E-state index in [0.717, 1.165) is 41.9 Å². The number of fused-ring (bicyclic) bond motifs is 1. The molecule has 1 unspecified atom stereocenters. The minimum absolute atomic E-state index is 0.108. The summed E-state index contributed by atoms with van der Waals surface area (Å²) >= 11 is 0. The molecule has 1 atom stereocenters. The van der Waals surface area contributed by atoms with Gasteiger partial charge in [-0.05, 0) is 58.4 Å². The Balaban J connectivity index is 1.55. The van der Waals surface area contributed by atoms with E-state index in [0.29, 0.717) is 17.3 Å². The van der Waals surface area contributed by atoms with Crippen LogP contribution in [0.4, 0.5) is 5.82 Å². The number of pyridine rings is 1. The topological polar surface area (TPSA) is 74.2 Å². The second-order valence-corrected chi connectivity index (χ2v) is 8.62. The number of benzene rings is 1. The number of aromatic hydroxyl groups is 1. The fourth-order valence-corrected chi connectivity index (χ4v) is 3.80. The summed E-state index contributed by atoms with van der Waals surface area (Å²) < 4.78 is 0. The molecule has 0 bridgehead atoms. The van der Waals surface area contributed by atoms with E-state index in [9.17, 15) is 5.11 Å². The van der Waals surface area contributed by atoms with Crippen LogP contribution in [0.25, 0.3) is 22.2 Å². The van der Waals surface area contributed by atoms with Gasteiger partial charge in [0.1, 0.15) is 5.75 Å². The van der Waals surface area contributed by atoms with Crippen molar-refractivity contribution in [3.05, 3.63) is 42.1 Å². The van der Waals surface area contributed by atoms with Gasteiger partial charge in [-0.25, -0.2) is 0 Å². The molecule has 1 fully saturated rings. The standard InChI is InChI=1S/C22H27N5O/c1-14-5-6-15-11-17(20(28)12-19(15)23-14)18-7-8-21(26-25-18)27-10-9-16(13-27)24-22(2,3)4/h5-8,11-12,16,24,28H,9-10,13H2,1-4H3. The van der Waals surface area contributed by atoms with Gasteiger partial charge in [-0.15, -0.1) is 10.2 Å². The highest BCUT2D eigenvalue weighted by molar-refractivity contribution is 5.87. The predicted molar refractivity (Wildman–Crippen MR) is 113 cm³/mol. The highest BCUT2D eigenvalue weighted by Crippen LogP contribution is 2.32. The van der Waals surface area contributed by atoms with E-state index in [1.54, 1.807) is 6.07 Å². The number of aryl methyl sites for hydroxylation is 1. The largest absolute Gasteiger partial charge is 0.507 e. The molecule has 1 aliphatic heterocycles.